The number of carbonyl (C=O) groups excluding carboxylic acids is 1. The largest absolute Gasteiger partial charge is 0.497 e. The summed E-state index contributed by atoms with van der Waals surface area (Å²) in [5, 5.41) is 0. The Hall–Kier alpha value is -2.03. The molecule has 1 aromatic carbocycles. The van der Waals surface area contributed by atoms with Crippen molar-refractivity contribution in [3.8, 4) is 16.9 Å². The Morgan fingerprint density at radius 2 is 2.15 bits per heavy atom. The maximum absolute atomic E-state index is 12.0. The van der Waals surface area contributed by atoms with Crippen molar-refractivity contribution >= 4 is 5.78 Å². The van der Waals surface area contributed by atoms with Crippen LogP contribution in [0.1, 0.15) is 41.6 Å². The first-order valence-electron chi connectivity index (χ1n) is 7.06. The first-order valence-corrected chi connectivity index (χ1v) is 7.06. The van der Waals surface area contributed by atoms with E-state index in [0.29, 0.717) is 12.2 Å². The number of Topliss-reactive ketones (excluding diaryl/α,β-unsaturated/α-hetero) is 1. The van der Waals surface area contributed by atoms with Gasteiger partial charge in [0, 0.05) is 24.0 Å². The van der Waals surface area contributed by atoms with Crippen LogP contribution in [0.5, 0.6) is 5.75 Å². The fraction of sp³-hybridized carbons (Fsp3) is 0.353. The summed E-state index contributed by atoms with van der Waals surface area (Å²) >= 11 is 0. The van der Waals surface area contributed by atoms with Crippen molar-refractivity contribution in [1.29, 1.82) is 0 Å². The van der Waals surface area contributed by atoms with Crippen LogP contribution in [0.15, 0.2) is 28.7 Å². The fourth-order valence-corrected chi connectivity index (χ4v) is 2.88. The molecule has 3 heteroatoms. The molecule has 20 heavy (non-hydrogen) atoms. The number of methoxy groups -OCH3 is 1. The molecule has 0 bridgehead atoms. The molecule has 0 unspecified atom stereocenters. The Balaban J connectivity index is 2.19. The highest BCUT2D eigenvalue weighted by atomic mass is 16.5. The van der Waals surface area contributed by atoms with Gasteiger partial charge in [-0.2, -0.15) is 0 Å². The van der Waals surface area contributed by atoms with Gasteiger partial charge < -0.3 is 9.15 Å². The lowest BCUT2D eigenvalue weighted by Gasteiger charge is -2.11. The molecule has 0 radical (unpaired) electrons. The Morgan fingerprint density at radius 3 is 2.90 bits per heavy atom. The predicted octanol–water partition coefficient (Wildman–Crippen LogP) is 4.04. The van der Waals surface area contributed by atoms with E-state index in [1.165, 1.54) is 0 Å². The van der Waals surface area contributed by atoms with Gasteiger partial charge in [-0.1, -0.05) is 19.1 Å². The first kappa shape index (κ1) is 13.0. The van der Waals surface area contributed by atoms with Gasteiger partial charge in [0.2, 0.25) is 0 Å². The molecule has 0 saturated carbocycles. The molecule has 0 spiro atoms. The van der Waals surface area contributed by atoms with E-state index in [0.717, 1.165) is 47.5 Å². The molecule has 1 aliphatic rings. The Kier molecular flexibility index (Phi) is 3.35. The van der Waals surface area contributed by atoms with Crippen LogP contribution in [0.4, 0.5) is 0 Å². The average Bonchev–Trinajstić information content (AvgIpc) is 2.87. The second kappa shape index (κ2) is 5.16. The van der Waals surface area contributed by atoms with E-state index >= 15 is 0 Å². The number of carbonyl (C=O) groups is 1. The maximum Gasteiger partial charge on any atom is 0.198 e. The second-order valence-electron chi connectivity index (χ2n) is 5.07. The highest BCUT2D eigenvalue weighted by molar-refractivity contribution is 5.98. The highest BCUT2D eigenvalue weighted by Crippen LogP contribution is 2.38. The normalized spacial score (nSPS) is 14.2. The molecule has 1 aromatic heterocycles. The van der Waals surface area contributed by atoms with Gasteiger partial charge in [0.25, 0.3) is 0 Å². The van der Waals surface area contributed by atoms with E-state index in [-0.39, 0.29) is 5.78 Å². The van der Waals surface area contributed by atoms with Gasteiger partial charge in [-0.05, 0) is 30.5 Å². The molecule has 0 fully saturated rings. The summed E-state index contributed by atoms with van der Waals surface area (Å²) < 4.78 is 11.1. The average molecular weight is 270 g/mol. The van der Waals surface area contributed by atoms with Gasteiger partial charge in [-0.15, -0.1) is 0 Å². The lowest BCUT2D eigenvalue weighted by atomic mass is 9.90. The lowest BCUT2D eigenvalue weighted by Crippen LogP contribution is -2.08. The number of furan rings is 1. The minimum absolute atomic E-state index is 0.134. The van der Waals surface area contributed by atoms with Crippen LogP contribution in [-0.2, 0) is 12.8 Å². The Bertz CT molecular complexity index is 652. The van der Waals surface area contributed by atoms with Crippen LogP contribution >= 0.6 is 0 Å². The van der Waals surface area contributed by atoms with Crippen molar-refractivity contribution < 1.29 is 13.9 Å². The summed E-state index contributed by atoms with van der Waals surface area (Å²) in [6.45, 7) is 2.05. The number of ether oxygens (including phenoxy) is 1. The number of aryl methyl sites for hydroxylation is 1. The quantitative estimate of drug-likeness (QED) is 0.845. The maximum atomic E-state index is 12.0. The van der Waals surface area contributed by atoms with Crippen LogP contribution < -0.4 is 4.74 Å². The van der Waals surface area contributed by atoms with Crippen LogP contribution in [0.2, 0.25) is 0 Å². The van der Waals surface area contributed by atoms with E-state index in [4.69, 9.17) is 9.15 Å². The fourth-order valence-electron chi connectivity index (χ4n) is 2.88. The third-order valence-electron chi connectivity index (χ3n) is 3.84. The summed E-state index contributed by atoms with van der Waals surface area (Å²) in [5.41, 5.74) is 3.24. The number of hydrogen-bond acceptors (Lipinski definition) is 3. The number of fused-ring (bicyclic) bond motifs is 1. The minimum Gasteiger partial charge on any atom is -0.497 e. The molecule has 1 aliphatic carbocycles. The van der Waals surface area contributed by atoms with Crippen molar-refractivity contribution in [2.75, 3.05) is 7.11 Å². The topological polar surface area (TPSA) is 39.4 Å². The Morgan fingerprint density at radius 1 is 1.30 bits per heavy atom. The van der Waals surface area contributed by atoms with Gasteiger partial charge in [0.1, 0.15) is 11.5 Å². The molecule has 1 heterocycles. The lowest BCUT2D eigenvalue weighted by molar-refractivity contribution is 0.0942. The molecule has 3 nitrogen and oxygen atoms in total. The summed E-state index contributed by atoms with van der Waals surface area (Å²) in [4.78, 5) is 12.0. The van der Waals surface area contributed by atoms with E-state index in [9.17, 15) is 4.79 Å². The Labute approximate surface area is 118 Å². The summed E-state index contributed by atoms with van der Waals surface area (Å²) in [5.74, 6) is 2.43. The number of rotatable bonds is 3. The third kappa shape index (κ3) is 2.03. The second-order valence-corrected chi connectivity index (χ2v) is 5.07. The van der Waals surface area contributed by atoms with Gasteiger partial charge >= 0.3 is 0 Å². The monoisotopic (exact) mass is 270 g/mol. The summed E-state index contributed by atoms with van der Waals surface area (Å²) in [6, 6.07) is 7.94. The van der Waals surface area contributed by atoms with Crippen molar-refractivity contribution in [2.45, 2.75) is 32.6 Å². The van der Waals surface area contributed by atoms with Crippen LogP contribution in [0.25, 0.3) is 11.1 Å². The number of benzene rings is 1. The van der Waals surface area contributed by atoms with Crippen LogP contribution in [0.3, 0.4) is 0 Å². The summed E-state index contributed by atoms with van der Waals surface area (Å²) in [6.07, 6.45) is 3.21. The number of hydrogen-bond donors (Lipinski definition) is 0. The van der Waals surface area contributed by atoms with Gasteiger partial charge in [-0.3, -0.25) is 4.79 Å². The van der Waals surface area contributed by atoms with Crippen molar-refractivity contribution in [3.05, 3.63) is 41.3 Å². The number of ketones is 1. The zero-order valence-corrected chi connectivity index (χ0v) is 11.9. The van der Waals surface area contributed by atoms with E-state index in [1.807, 2.05) is 24.3 Å². The molecule has 104 valence electrons. The van der Waals surface area contributed by atoms with Crippen molar-refractivity contribution in [3.63, 3.8) is 0 Å². The molecule has 0 aliphatic heterocycles. The zero-order chi connectivity index (χ0) is 14.1. The van der Waals surface area contributed by atoms with Crippen molar-refractivity contribution in [1.82, 2.24) is 0 Å². The third-order valence-corrected chi connectivity index (χ3v) is 3.84. The first-order chi connectivity index (χ1) is 9.74. The van der Waals surface area contributed by atoms with Gasteiger partial charge in [0.05, 0.1) is 7.11 Å². The molecule has 2 aromatic rings. The highest BCUT2D eigenvalue weighted by Gasteiger charge is 2.27. The van der Waals surface area contributed by atoms with E-state index < -0.39 is 0 Å². The molecule has 0 N–H and O–H groups in total. The SMILES string of the molecule is CCc1oc2c(c1-c1cccc(OC)c1)CCCC2=O. The summed E-state index contributed by atoms with van der Waals surface area (Å²) in [7, 11) is 1.66. The van der Waals surface area contributed by atoms with E-state index in [2.05, 4.69) is 6.92 Å². The molecule has 0 amide bonds. The molecule has 0 saturated heterocycles. The minimum atomic E-state index is 0.134. The zero-order valence-electron chi connectivity index (χ0n) is 11.9. The molecule has 0 atom stereocenters. The van der Waals surface area contributed by atoms with E-state index in [1.54, 1.807) is 7.11 Å². The van der Waals surface area contributed by atoms with Gasteiger partial charge in [-0.25, -0.2) is 0 Å². The predicted molar refractivity (Wildman–Crippen MR) is 77.3 cm³/mol. The van der Waals surface area contributed by atoms with Crippen LogP contribution in [0, 0.1) is 0 Å². The molecular formula is C17H18O3. The van der Waals surface area contributed by atoms with Gasteiger partial charge in [0.15, 0.2) is 11.5 Å². The molecule has 3 rings (SSSR count). The molecular weight excluding hydrogens is 252 g/mol. The standard InChI is InChI=1S/C17H18O3/c1-3-15-16(11-6-4-7-12(10-11)19-2)13-8-5-9-14(18)17(13)20-15/h4,6-7,10H,3,5,8-9H2,1-2H3. The van der Waals surface area contributed by atoms with Crippen molar-refractivity contribution in [2.24, 2.45) is 0 Å². The smallest absolute Gasteiger partial charge is 0.198 e. The van der Waals surface area contributed by atoms with Crippen LogP contribution in [-0.4, -0.2) is 12.9 Å².